The normalized spacial score (nSPS) is 10.3. The molecule has 0 unspecified atom stereocenters. The van der Waals surface area contributed by atoms with Crippen LogP contribution in [-0.4, -0.2) is 30.5 Å². The Hall–Kier alpha value is -2.09. The van der Waals surface area contributed by atoms with Crippen LogP contribution in [0.1, 0.15) is 23.7 Å². The number of rotatable bonds is 7. The van der Waals surface area contributed by atoms with Crippen LogP contribution in [0.15, 0.2) is 12.1 Å². The number of halogens is 2. The summed E-state index contributed by atoms with van der Waals surface area (Å²) >= 11 is 0. The third-order valence-electron chi connectivity index (χ3n) is 2.56. The molecule has 0 atom stereocenters. The number of nitro benzene ring substituents is 1. The molecule has 1 amide bonds. The highest BCUT2D eigenvalue weighted by Gasteiger charge is 2.25. The van der Waals surface area contributed by atoms with Gasteiger partial charge in [0, 0.05) is 12.6 Å². The summed E-state index contributed by atoms with van der Waals surface area (Å²) in [7, 11) is 0. The Bertz CT molecular complexity index is 509. The molecule has 110 valence electrons. The average molecular weight is 287 g/mol. The van der Waals surface area contributed by atoms with E-state index >= 15 is 0 Å². The summed E-state index contributed by atoms with van der Waals surface area (Å²) in [6.07, 6.45) is 0.581. The SMILES string of the molecule is CCNCCCNC(=O)c1c(F)ccc([N+](=O)[O-])c1F. The van der Waals surface area contributed by atoms with Crippen LogP contribution >= 0.6 is 0 Å². The molecular formula is C12H15F2N3O3. The quantitative estimate of drug-likeness (QED) is 0.453. The lowest BCUT2D eigenvalue weighted by atomic mass is 10.1. The van der Waals surface area contributed by atoms with Gasteiger partial charge in [-0.1, -0.05) is 6.92 Å². The molecule has 0 saturated heterocycles. The number of amides is 1. The fourth-order valence-corrected chi connectivity index (χ4v) is 1.57. The predicted molar refractivity (Wildman–Crippen MR) is 68.5 cm³/mol. The van der Waals surface area contributed by atoms with E-state index in [1.807, 2.05) is 6.92 Å². The molecule has 0 aromatic heterocycles. The number of hydrogen-bond acceptors (Lipinski definition) is 4. The standard InChI is InChI=1S/C12H15F2N3O3/c1-2-15-6-3-7-16-12(18)10-8(13)4-5-9(11(10)14)17(19)20/h4-5,15H,2-3,6-7H2,1H3,(H,16,18). The van der Waals surface area contributed by atoms with Crippen molar-refractivity contribution in [2.75, 3.05) is 19.6 Å². The first-order valence-electron chi connectivity index (χ1n) is 6.10. The topological polar surface area (TPSA) is 84.3 Å². The first kappa shape index (κ1) is 16.0. The second-order valence-electron chi connectivity index (χ2n) is 3.98. The van der Waals surface area contributed by atoms with E-state index in [1.165, 1.54) is 0 Å². The van der Waals surface area contributed by atoms with E-state index in [4.69, 9.17) is 0 Å². The van der Waals surface area contributed by atoms with E-state index in [0.717, 1.165) is 6.54 Å². The van der Waals surface area contributed by atoms with E-state index in [0.29, 0.717) is 25.1 Å². The monoisotopic (exact) mass is 287 g/mol. The minimum absolute atomic E-state index is 0.216. The van der Waals surface area contributed by atoms with Gasteiger partial charge in [-0.05, 0) is 25.6 Å². The van der Waals surface area contributed by atoms with Crippen LogP contribution in [0.25, 0.3) is 0 Å². The molecule has 0 aliphatic heterocycles. The van der Waals surface area contributed by atoms with Gasteiger partial charge in [0.05, 0.1) is 4.92 Å². The molecule has 20 heavy (non-hydrogen) atoms. The maximum Gasteiger partial charge on any atom is 0.305 e. The highest BCUT2D eigenvalue weighted by atomic mass is 19.1. The van der Waals surface area contributed by atoms with Crippen molar-refractivity contribution in [2.24, 2.45) is 0 Å². The summed E-state index contributed by atoms with van der Waals surface area (Å²) in [4.78, 5) is 21.2. The van der Waals surface area contributed by atoms with E-state index in [9.17, 15) is 23.7 Å². The van der Waals surface area contributed by atoms with Gasteiger partial charge in [0.15, 0.2) is 0 Å². The Kier molecular flexibility index (Phi) is 5.98. The predicted octanol–water partition coefficient (Wildman–Crippen LogP) is 1.60. The second-order valence-corrected chi connectivity index (χ2v) is 3.98. The van der Waals surface area contributed by atoms with Crippen molar-refractivity contribution in [1.82, 2.24) is 10.6 Å². The lowest BCUT2D eigenvalue weighted by Gasteiger charge is -2.07. The highest BCUT2D eigenvalue weighted by molar-refractivity contribution is 5.95. The van der Waals surface area contributed by atoms with Crippen LogP contribution in [-0.2, 0) is 0 Å². The maximum atomic E-state index is 13.7. The van der Waals surface area contributed by atoms with E-state index < -0.39 is 33.7 Å². The summed E-state index contributed by atoms with van der Waals surface area (Å²) < 4.78 is 27.1. The first-order chi connectivity index (χ1) is 9.49. The second kappa shape index (κ2) is 7.49. The average Bonchev–Trinajstić information content (AvgIpc) is 2.38. The summed E-state index contributed by atoms with van der Waals surface area (Å²) in [6, 6.07) is 1.39. The van der Waals surface area contributed by atoms with Gasteiger partial charge in [0.25, 0.3) is 5.91 Å². The zero-order valence-electron chi connectivity index (χ0n) is 10.9. The zero-order valence-corrected chi connectivity index (χ0v) is 10.9. The van der Waals surface area contributed by atoms with E-state index in [2.05, 4.69) is 10.6 Å². The number of benzene rings is 1. The molecule has 0 bridgehead atoms. The molecule has 0 aliphatic carbocycles. The molecule has 0 spiro atoms. The van der Waals surface area contributed by atoms with Crippen LogP contribution in [0.2, 0.25) is 0 Å². The van der Waals surface area contributed by atoms with Gasteiger partial charge >= 0.3 is 5.69 Å². The van der Waals surface area contributed by atoms with Crippen molar-refractivity contribution < 1.29 is 18.5 Å². The fourth-order valence-electron chi connectivity index (χ4n) is 1.57. The largest absolute Gasteiger partial charge is 0.352 e. The molecule has 6 nitrogen and oxygen atoms in total. The lowest BCUT2D eigenvalue weighted by Crippen LogP contribution is -2.29. The third kappa shape index (κ3) is 3.95. The molecule has 1 rings (SSSR count). The van der Waals surface area contributed by atoms with Gasteiger partial charge in [0.2, 0.25) is 5.82 Å². The van der Waals surface area contributed by atoms with Crippen LogP contribution < -0.4 is 10.6 Å². The Morgan fingerprint density at radius 2 is 2.05 bits per heavy atom. The lowest BCUT2D eigenvalue weighted by molar-refractivity contribution is -0.387. The number of nitrogens with zero attached hydrogens (tertiary/aromatic N) is 1. The van der Waals surface area contributed by atoms with Gasteiger partial charge in [-0.25, -0.2) is 4.39 Å². The van der Waals surface area contributed by atoms with Crippen LogP contribution in [0.5, 0.6) is 0 Å². The Balaban J connectivity index is 2.77. The molecule has 0 aliphatic rings. The zero-order chi connectivity index (χ0) is 15.1. The minimum atomic E-state index is -1.46. The molecule has 8 heteroatoms. The Morgan fingerprint density at radius 1 is 1.35 bits per heavy atom. The van der Waals surface area contributed by atoms with Gasteiger partial charge in [-0.2, -0.15) is 4.39 Å². The van der Waals surface area contributed by atoms with Crippen molar-refractivity contribution in [1.29, 1.82) is 0 Å². The summed E-state index contributed by atoms with van der Waals surface area (Å²) in [5.41, 5.74) is -1.85. The van der Waals surface area contributed by atoms with E-state index in [-0.39, 0.29) is 6.54 Å². The smallest absolute Gasteiger partial charge is 0.305 e. The third-order valence-corrected chi connectivity index (χ3v) is 2.56. The molecule has 0 saturated carbocycles. The Labute approximate surface area is 114 Å². The highest BCUT2D eigenvalue weighted by Crippen LogP contribution is 2.22. The van der Waals surface area contributed by atoms with Crippen LogP contribution in [0.3, 0.4) is 0 Å². The number of carbonyl (C=O) groups is 1. The van der Waals surface area contributed by atoms with Gasteiger partial charge < -0.3 is 10.6 Å². The van der Waals surface area contributed by atoms with Crippen molar-refractivity contribution in [3.05, 3.63) is 39.4 Å². The van der Waals surface area contributed by atoms with Gasteiger partial charge in [-0.15, -0.1) is 0 Å². The molecule has 0 fully saturated rings. The molecule has 1 aromatic rings. The first-order valence-corrected chi connectivity index (χ1v) is 6.10. The summed E-state index contributed by atoms with van der Waals surface area (Å²) in [5.74, 6) is -3.59. The van der Waals surface area contributed by atoms with Crippen molar-refractivity contribution in [2.45, 2.75) is 13.3 Å². The number of carbonyl (C=O) groups excluding carboxylic acids is 1. The van der Waals surface area contributed by atoms with Crippen molar-refractivity contribution in [3.8, 4) is 0 Å². The van der Waals surface area contributed by atoms with E-state index in [1.54, 1.807) is 0 Å². The minimum Gasteiger partial charge on any atom is -0.352 e. The van der Waals surface area contributed by atoms with Gasteiger partial charge in [0.1, 0.15) is 11.4 Å². The Morgan fingerprint density at radius 3 is 2.65 bits per heavy atom. The van der Waals surface area contributed by atoms with Gasteiger partial charge in [-0.3, -0.25) is 14.9 Å². The van der Waals surface area contributed by atoms with Crippen molar-refractivity contribution >= 4 is 11.6 Å². The van der Waals surface area contributed by atoms with Crippen LogP contribution in [0, 0.1) is 21.7 Å². The van der Waals surface area contributed by atoms with Crippen molar-refractivity contribution in [3.63, 3.8) is 0 Å². The molecule has 1 aromatic carbocycles. The maximum absolute atomic E-state index is 13.7. The molecule has 2 N–H and O–H groups in total. The molecule has 0 heterocycles. The number of nitrogens with one attached hydrogen (secondary N) is 2. The van der Waals surface area contributed by atoms with Crippen LogP contribution in [0.4, 0.5) is 14.5 Å². The summed E-state index contributed by atoms with van der Waals surface area (Å²) in [6.45, 7) is 3.57. The molecule has 0 radical (unpaired) electrons. The fraction of sp³-hybridized carbons (Fsp3) is 0.417. The number of hydrogen-bond donors (Lipinski definition) is 2. The number of nitro groups is 1. The summed E-state index contributed by atoms with van der Waals surface area (Å²) in [5, 5.41) is 15.9. The molecular weight excluding hydrogens is 272 g/mol.